The predicted molar refractivity (Wildman–Crippen MR) is 110 cm³/mol. The summed E-state index contributed by atoms with van der Waals surface area (Å²) >= 11 is 0. The van der Waals surface area contributed by atoms with Gasteiger partial charge in [-0.05, 0) is 43.9 Å². The van der Waals surface area contributed by atoms with E-state index in [-0.39, 0.29) is 17.6 Å². The lowest BCUT2D eigenvalue weighted by atomic mass is 9.76. The molecule has 0 saturated carbocycles. The Labute approximate surface area is 166 Å². The van der Waals surface area contributed by atoms with Gasteiger partial charge >= 0.3 is 12.2 Å². The number of unbranched alkanes of at least 4 members (excludes halogenated alkanes) is 3. The van der Waals surface area contributed by atoms with Gasteiger partial charge in [-0.2, -0.15) is 0 Å². The second kappa shape index (κ2) is 16.7. The van der Waals surface area contributed by atoms with E-state index in [4.69, 9.17) is 9.47 Å². The molecule has 0 aliphatic heterocycles. The number of ether oxygens (including phenoxy) is 2. The van der Waals surface area contributed by atoms with Crippen molar-refractivity contribution in [3.63, 3.8) is 0 Å². The highest BCUT2D eigenvalue weighted by atomic mass is 16.6. The maximum atomic E-state index is 11.9. The number of carbonyl (C=O) groups excluding carboxylic acids is 2. The summed E-state index contributed by atoms with van der Waals surface area (Å²) in [6, 6.07) is 0. The molecule has 0 aromatic rings. The first-order chi connectivity index (χ1) is 13.0. The molecule has 0 radical (unpaired) electrons. The van der Waals surface area contributed by atoms with Crippen molar-refractivity contribution in [2.45, 2.75) is 91.9 Å². The van der Waals surface area contributed by atoms with Gasteiger partial charge in [-0.3, -0.25) is 0 Å². The largest absolute Gasteiger partial charge is 0.450 e. The molecule has 27 heavy (non-hydrogen) atoms. The standard InChI is InChI=1S/C21H42N2O4/c1-5-9-13-21(8-4,18-23-20(25)27-17-11-7-3)14-12-15-22-19(24)26-16-10-6-2/h5-18H2,1-4H3,(H,22,24)(H,23,25). The molecule has 0 aromatic carbocycles. The fourth-order valence-electron chi connectivity index (χ4n) is 2.97. The number of alkyl carbamates (subject to hydrolysis) is 2. The van der Waals surface area contributed by atoms with Gasteiger partial charge in [0.15, 0.2) is 0 Å². The SMILES string of the molecule is CCCCOC(=O)NCCCC(CC)(CCCC)CNC(=O)OCCCC. The number of nitrogens with one attached hydrogen (secondary N) is 2. The average Bonchev–Trinajstić information content (AvgIpc) is 2.67. The lowest BCUT2D eigenvalue weighted by Gasteiger charge is -2.33. The van der Waals surface area contributed by atoms with Crippen molar-refractivity contribution in [1.82, 2.24) is 10.6 Å². The zero-order valence-electron chi connectivity index (χ0n) is 18.0. The molecule has 6 nitrogen and oxygen atoms in total. The van der Waals surface area contributed by atoms with E-state index in [0.717, 1.165) is 64.2 Å². The monoisotopic (exact) mass is 386 g/mol. The summed E-state index contributed by atoms with van der Waals surface area (Å²) in [4.78, 5) is 23.5. The fraction of sp³-hybridized carbons (Fsp3) is 0.905. The van der Waals surface area contributed by atoms with E-state index in [2.05, 4.69) is 38.3 Å². The molecule has 0 aliphatic rings. The highest BCUT2D eigenvalue weighted by Crippen LogP contribution is 2.33. The van der Waals surface area contributed by atoms with E-state index in [0.29, 0.717) is 26.3 Å². The lowest BCUT2D eigenvalue weighted by molar-refractivity contribution is 0.131. The van der Waals surface area contributed by atoms with Crippen molar-refractivity contribution in [2.75, 3.05) is 26.3 Å². The molecule has 1 atom stereocenters. The first-order valence-electron chi connectivity index (χ1n) is 10.8. The van der Waals surface area contributed by atoms with Crippen LogP contribution in [0, 0.1) is 5.41 Å². The van der Waals surface area contributed by atoms with Crippen LogP contribution in [0.15, 0.2) is 0 Å². The maximum Gasteiger partial charge on any atom is 0.407 e. The molecule has 0 fully saturated rings. The van der Waals surface area contributed by atoms with Crippen molar-refractivity contribution in [1.29, 1.82) is 0 Å². The van der Waals surface area contributed by atoms with Gasteiger partial charge in [0, 0.05) is 13.1 Å². The van der Waals surface area contributed by atoms with E-state index >= 15 is 0 Å². The van der Waals surface area contributed by atoms with E-state index < -0.39 is 0 Å². The van der Waals surface area contributed by atoms with Crippen LogP contribution < -0.4 is 10.6 Å². The van der Waals surface area contributed by atoms with Crippen LogP contribution in [0.1, 0.15) is 91.9 Å². The number of carbonyl (C=O) groups is 2. The van der Waals surface area contributed by atoms with E-state index in [1.54, 1.807) is 0 Å². The molecule has 6 heteroatoms. The van der Waals surface area contributed by atoms with E-state index in [1.807, 2.05) is 0 Å². The number of rotatable bonds is 16. The van der Waals surface area contributed by atoms with Crippen LogP contribution in [-0.2, 0) is 9.47 Å². The Kier molecular flexibility index (Phi) is 15.8. The fourth-order valence-corrected chi connectivity index (χ4v) is 2.97. The lowest BCUT2D eigenvalue weighted by Crippen LogP contribution is -2.38. The topological polar surface area (TPSA) is 76.7 Å². The normalized spacial score (nSPS) is 12.9. The van der Waals surface area contributed by atoms with Gasteiger partial charge in [0.1, 0.15) is 0 Å². The number of amides is 2. The van der Waals surface area contributed by atoms with Gasteiger partial charge in [-0.1, -0.05) is 53.4 Å². The Balaban J connectivity index is 4.35. The smallest absolute Gasteiger partial charge is 0.407 e. The van der Waals surface area contributed by atoms with Crippen molar-refractivity contribution >= 4 is 12.2 Å². The van der Waals surface area contributed by atoms with Crippen LogP contribution >= 0.6 is 0 Å². The molecule has 0 heterocycles. The first-order valence-corrected chi connectivity index (χ1v) is 10.8. The molecule has 1 unspecified atom stereocenters. The summed E-state index contributed by atoms with van der Waals surface area (Å²) in [7, 11) is 0. The van der Waals surface area contributed by atoms with Crippen molar-refractivity contribution in [3.05, 3.63) is 0 Å². The molecule has 2 N–H and O–H groups in total. The minimum atomic E-state index is -0.336. The molecule has 0 aliphatic carbocycles. The van der Waals surface area contributed by atoms with Crippen LogP contribution in [0.25, 0.3) is 0 Å². The van der Waals surface area contributed by atoms with Crippen molar-refractivity contribution in [2.24, 2.45) is 5.41 Å². The predicted octanol–water partition coefficient (Wildman–Crippen LogP) is 5.41. The molecule has 2 amide bonds. The average molecular weight is 387 g/mol. The quantitative estimate of drug-likeness (QED) is 0.348. The molecular formula is C21H42N2O4. The van der Waals surface area contributed by atoms with Crippen LogP contribution in [0.4, 0.5) is 9.59 Å². The Hall–Kier alpha value is -1.46. The Morgan fingerprint density at radius 3 is 1.78 bits per heavy atom. The number of hydrogen-bond donors (Lipinski definition) is 2. The molecule has 0 saturated heterocycles. The summed E-state index contributed by atoms with van der Waals surface area (Å²) in [6.07, 6.45) is 9.28. The van der Waals surface area contributed by atoms with Crippen molar-refractivity contribution in [3.8, 4) is 0 Å². The second-order valence-corrected chi connectivity index (χ2v) is 7.32. The Morgan fingerprint density at radius 1 is 0.741 bits per heavy atom. The first kappa shape index (κ1) is 25.5. The zero-order valence-corrected chi connectivity index (χ0v) is 18.0. The van der Waals surface area contributed by atoms with E-state index in [9.17, 15) is 9.59 Å². The summed E-state index contributed by atoms with van der Waals surface area (Å²) in [6.45, 7) is 10.7. The van der Waals surface area contributed by atoms with Crippen LogP contribution in [0.5, 0.6) is 0 Å². The third-order valence-electron chi connectivity index (χ3n) is 5.03. The van der Waals surface area contributed by atoms with Gasteiger partial charge in [-0.25, -0.2) is 9.59 Å². The Morgan fingerprint density at radius 2 is 1.26 bits per heavy atom. The Bertz CT molecular complexity index is 390. The van der Waals surface area contributed by atoms with Gasteiger partial charge in [-0.15, -0.1) is 0 Å². The second-order valence-electron chi connectivity index (χ2n) is 7.32. The zero-order chi connectivity index (χ0) is 20.4. The maximum absolute atomic E-state index is 11.9. The van der Waals surface area contributed by atoms with Gasteiger partial charge in [0.05, 0.1) is 13.2 Å². The number of hydrogen-bond acceptors (Lipinski definition) is 4. The summed E-state index contributed by atoms with van der Waals surface area (Å²) in [5.41, 5.74) is 0.0492. The summed E-state index contributed by atoms with van der Waals surface area (Å²) in [5.74, 6) is 0. The third kappa shape index (κ3) is 13.4. The minimum Gasteiger partial charge on any atom is -0.450 e. The summed E-state index contributed by atoms with van der Waals surface area (Å²) < 4.78 is 10.3. The molecule has 0 aromatic heterocycles. The summed E-state index contributed by atoms with van der Waals surface area (Å²) in [5, 5.41) is 5.77. The highest BCUT2D eigenvalue weighted by molar-refractivity contribution is 5.67. The van der Waals surface area contributed by atoms with Gasteiger partial charge < -0.3 is 20.1 Å². The third-order valence-corrected chi connectivity index (χ3v) is 5.03. The van der Waals surface area contributed by atoms with Gasteiger partial charge in [0.2, 0.25) is 0 Å². The van der Waals surface area contributed by atoms with Crippen molar-refractivity contribution < 1.29 is 19.1 Å². The molecular weight excluding hydrogens is 344 g/mol. The van der Waals surface area contributed by atoms with Crippen LogP contribution in [0.3, 0.4) is 0 Å². The van der Waals surface area contributed by atoms with Crippen LogP contribution in [-0.4, -0.2) is 38.5 Å². The molecule has 0 bridgehead atoms. The van der Waals surface area contributed by atoms with Crippen LogP contribution in [0.2, 0.25) is 0 Å². The molecule has 0 rings (SSSR count). The van der Waals surface area contributed by atoms with E-state index in [1.165, 1.54) is 0 Å². The molecule has 0 spiro atoms. The van der Waals surface area contributed by atoms with Gasteiger partial charge in [0.25, 0.3) is 0 Å². The molecule has 160 valence electrons. The minimum absolute atomic E-state index is 0.0492. The highest BCUT2D eigenvalue weighted by Gasteiger charge is 2.28.